The topological polar surface area (TPSA) is 111 Å². The van der Waals surface area contributed by atoms with Gasteiger partial charge in [0, 0.05) is 12.8 Å². The summed E-state index contributed by atoms with van der Waals surface area (Å²) in [6.07, 6.45) is 53.9. The van der Waals surface area contributed by atoms with Crippen molar-refractivity contribution in [3.8, 4) is 0 Å². The number of quaternary nitrogens is 1. The second-order valence-corrected chi connectivity index (χ2v) is 21.7. The zero-order valence-electron chi connectivity index (χ0n) is 43.7. The molecule has 0 heterocycles. The average Bonchev–Trinajstić information content (AvgIpc) is 3.26. The van der Waals surface area contributed by atoms with E-state index in [-0.39, 0.29) is 32.0 Å². The summed E-state index contributed by atoms with van der Waals surface area (Å²) in [5.41, 5.74) is 0. The number of esters is 2. The van der Waals surface area contributed by atoms with Crippen LogP contribution in [0.2, 0.25) is 0 Å². The van der Waals surface area contributed by atoms with E-state index in [2.05, 4.69) is 26.0 Å². The van der Waals surface area contributed by atoms with Gasteiger partial charge < -0.3 is 27.9 Å². The van der Waals surface area contributed by atoms with E-state index >= 15 is 0 Å². The van der Waals surface area contributed by atoms with E-state index in [9.17, 15) is 19.0 Å². The maximum atomic E-state index is 12.8. The van der Waals surface area contributed by atoms with Crippen LogP contribution < -0.4 is 4.89 Å². The molecule has 0 spiro atoms. The van der Waals surface area contributed by atoms with Crippen LogP contribution in [0.15, 0.2) is 12.2 Å². The van der Waals surface area contributed by atoms with Gasteiger partial charge in [0.2, 0.25) is 0 Å². The zero-order valence-corrected chi connectivity index (χ0v) is 44.6. The largest absolute Gasteiger partial charge is 0.756 e. The average molecular weight is 942 g/mol. The predicted molar refractivity (Wildman–Crippen MR) is 273 cm³/mol. The fraction of sp³-hybridized carbons (Fsp3) is 0.927. The number of phosphoric acid groups is 1. The fourth-order valence-electron chi connectivity index (χ4n) is 8.18. The summed E-state index contributed by atoms with van der Waals surface area (Å²) in [4.78, 5) is 37.8. The van der Waals surface area contributed by atoms with Crippen LogP contribution in [0.5, 0.6) is 0 Å². The molecule has 0 radical (unpaired) electrons. The van der Waals surface area contributed by atoms with Gasteiger partial charge in [0.1, 0.15) is 19.8 Å². The Bertz CT molecular complexity index is 1110. The summed E-state index contributed by atoms with van der Waals surface area (Å²) in [6, 6.07) is 0. The monoisotopic (exact) mass is 942 g/mol. The van der Waals surface area contributed by atoms with E-state index in [1.165, 1.54) is 212 Å². The minimum Gasteiger partial charge on any atom is -0.756 e. The summed E-state index contributed by atoms with van der Waals surface area (Å²) in [5.74, 6) is -0.818. The number of carbonyl (C=O) groups is 2. The number of allylic oxidation sites excluding steroid dienone is 2. The van der Waals surface area contributed by atoms with Crippen LogP contribution in [0.1, 0.15) is 277 Å². The Morgan fingerprint density at radius 2 is 0.785 bits per heavy atom. The number of rotatable bonds is 52. The molecule has 0 saturated heterocycles. The molecule has 9 nitrogen and oxygen atoms in total. The van der Waals surface area contributed by atoms with Crippen LogP contribution in [-0.4, -0.2) is 70.0 Å². The van der Waals surface area contributed by atoms with Crippen molar-refractivity contribution in [3.63, 3.8) is 0 Å². The summed E-state index contributed by atoms with van der Waals surface area (Å²) in [5, 5.41) is 0. The van der Waals surface area contributed by atoms with Crippen molar-refractivity contribution in [2.24, 2.45) is 0 Å². The minimum atomic E-state index is -4.63. The van der Waals surface area contributed by atoms with Crippen molar-refractivity contribution in [2.45, 2.75) is 283 Å². The second kappa shape index (κ2) is 47.8. The molecule has 1 unspecified atom stereocenters. The summed E-state index contributed by atoms with van der Waals surface area (Å²) >= 11 is 0. The molecule has 386 valence electrons. The number of unbranched alkanes of at least 4 members (excludes halogenated alkanes) is 36. The smallest absolute Gasteiger partial charge is 0.306 e. The highest BCUT2D eigenvalue weighted by Gasteiger charge is 2.22. The molecular weight excluding hydrogens is 834 g/mol. The first kappa shape index (κ1) is 63.8. The summed E-state index contributed by atoms with van der Waals surface area (Å²) in [7, 11) is 1.18. The fourth-order valence-corrected chi connectivity index (χ4v) is 8.91. The number of ether oxygens (including phenoxy) is 2. The molecular formula is C55H108NO8P. The van der Waals surface area contributed by atoms with Crippen LogP contribution in [0.25, 0.3) is 0 Å². The highest BCUT2D eigenvalue weighted by molar-refractivity contribution is 7.45. The number of carbonyl (C=O) groups excluding carboxylic acids is 2. The van der Waals surface area contributed by atoms with E-state index in [0.29, 0.717) is 17.4 Å². The van der Waals surface area contributed by atoms with Crippen molar-refractivity contribution in [1.29, 1.82) is 0 Å². The molecule has 0 aromatic heterocycles. The molecule has 0 aliphatic heterocycles. The molecule has 0 aliphatic carbocycles. The molecule has 0 aliphatic rings. The van der Waals surface area contributed by atoms with Crippen LogP contribution in [0, 0.1) is 0 Å². The number of hydrogen-bond donors (Lipinski definition) is 0. The van der Waals surface area contributed by atoms with Gasteiger partial charge in [-0.05, 0) is 38.5 Å². The first-order valence-corrected chi connectivity index (χ1v) is 29.4. The number of phosphoric ester groups is 1. The van der Waals surface area contributed by atoms with Gasteiger partial charge in [-0.2, -0.15) is 0 Å². The summed E-state index contributed by atoms with van der Waals surface area (Å²) in [6.45, 7) is 4.29. The highest BCUT2D eigenvalue weighted by atomic mass is 31.2. The molecule has 0 aromatic rings. The van der Waals surface area contributed by atoms with Gasteiger partial charge in [-0.15, -0.1) is 0 Å². The van der Waals surface area contributed by atoms with E-state index in [4.69, 9.17) is 18.5 Å². The van der Waals surface area contributed by atoms with Gasteiger partial charge >= 0.3 is 11.9 Å². The van der Waals surface area contributed by atoms with Gasteiger partial charge in [0.15, 0.2) is 6.10 Å². The molecule has 0 rings (SSSR count). The van der Waals surface area contributed by atoms with Crippen molar-refractivity contribution < 1.29 is 42.1 Å². The molecule has 0 aromatic carbocycles. The molecule has 0 amide bonds. The number of hydrogen-bond acceptors (Lipinski definition) is 8. The normalized spacial score (nSPS) is 13.4. The van der Waals surface area contributed by atoms with Crippen molar-refractivity contribution in [2.75, 3.05) is 47.5 Å². The van der Waals surface area contributed by atoms with Gasteiger partial charge in [0.25, 0.3) is 7.82 Å². The highest BCUT2D eigenvalue weighted by Crippen LogP contribution is 2.38. The maximum Gasteiger partial charge on any atom is 0.306 e. The third-order valence-electron chi connectivity index (χ3n) is 12.5. The lowest BCUT2D eigenvalue weighted by atomic mass is 10.0. The SMILES string of the molecule is CCCCCCCC/C=C/CCCCCCCCCCCC(=O)OC[C@H](COP(=O)([O-])OCC[N+](C)(C)C)OC(=O)CCCCCCCCCCCCCCCCCCCCCCCC. The predicted octanol–water partition coefficient (Wildman–Crippen LogP) is 16.2. The minimum absolute atomic E-state index is 0.0273. The lowest BCUT2D eigenvalue weighted by molar-refractivity contribution is -0.870. The van der Waals surface area contributed by atoms with Crippen LogP contribution >= 0.6 is 7.82 Å². The standard InChI is InChI=1S/C55H108NO8P/c1-6-8-10-12-14-16-18-20-22-24-26-27-28-30-32-34-36-38-40-42-44-46-48-55(58)64-53(52-63-65(59,60)62-50-49-56(3,4)5)51-61-54(57)47-45-43-41-39-37-35-33-31-29-25-23-21-19-17-15-13-11-9-7-2/h21,23,53H,6-20,22,24-52H2,1-5H3/b23-21+/t53-/m1/s1. The second-order valence-electron chi connectivity index (χ2n) is 20.3. The molecule has 2 atom stereocenters. The van der Waals surface area contributed by atoms with Gasteiger partial charge in [0.05, 0.1) is 27.7 Å². The van der Waals surface area contributed by atoms with Crippen LogP contribution in [0.3, 0.4) is 0 Å². The number of nitrogens with zero attached hydrogens (tertiary/aromatic N) is 1. The van der Waals surface area contributed by atoms with Crippen molar-refractivity contribution >= 4 is 19.8 Å². The third kappa shape index (κ3) is 52.0. The van der Waals surface area contributed by atoms with E-state index < -0.39 is 26.5 Å². The van der Waals surface area contributed by atoms with E-state index in [1.54, 1.807) is 0 Å². The summed E-state index contributed by atoms with van der Waals surface area (Å²) < 4.78 is 34.1. The Kier molecular flexibility index (Phi) is 46.9. The Morgan fingerprint density at radius 1 is 0.462 bits per heavy atom. The van der Waals surface area contributed by atoms with Gasteiger partial charge in [-0.25, -0.2) is 0 Å². The Morgan fingerprint density at radius 3 is 1.14 bits per heavy atom. The zero-order chi connectivity index (χ0) is 47.8. The lowest BCUT2D eigenvalue weighted by Crippen LogP contribution is -2.37. The molecule has 0 fully saturated rings. The van der Waals surface area contributed by atoms with Gasteiger partial charge in [-0.3, -0.25) is 14.2 Å². The first-order valence-electron chi connectivity index (χ1n) is 27.9. The third-order valence-corrected chi connectivity index (χ3v) is 13.5. The van der Waals surface area contributed by atoms with E-state index in [0.717, 1.165) is 32.1 Å². The Hall–Kier alpha value is -1.25. The van der Waals surface area contributed by atoms with Crippen molar-refractivity contribution in [3.05, 3.63) is 12.2 Å². The van der Waals surface area contributed by atoms with Crippen molar-refractivity contribution in [1.82, 2.24) is 0 Å². The first-order chi connectivity index (χ1) is 31.5. The molecule has 0 N–H and O–H groups in total. The molecule has 0 saturated carbocycles. The quantitative estimate of drug-likeness (QED) is 0.0195. The van der Waals surface area contributed by atoms with Gasteiger partial charge in [-0.1, -0.05) is 238 Å². The number of likely N-dealkylation sites (N-methyl/N-ethyl adjacent to an activating group) is 1. The Balaban J connectivity index is 4.16. The lowest BCUT2D eigenvalue weighted by Gasteiger charge is -2.28. The van der Waals surface area contributed by atoms with Crippen LogP contribution in [0.4, 0.5) is 0 Å². The molecule has 0 bridgehead atoms. The molecule has 65 heavy (non-hydrogen) atoms. The molecule has 10 heteroatoms. The van der Waals surface area contributed by atoms with E-state index in [1.807, 2.05) is 21.1 Å². The Labute approximate surface area is 403 Å². The maximum absolute atomic E-state index is 12.8. The van der Waals surface area contributed by atoms with Crippen LogP contribution in [-0.2, 0) is 32.7 Å².